The summed E-state index contributed by atoms with van der Waals surface area (Å²) < 4.78 is 6.45. The number of piperidine rings is 1. The lowest BCUT2D eigenvalue weighted by molar-refractivity contribution is 0.205. The maximum Gasteiger partial charge on any atom is 0.120 e. The van der Waals surface area contributed by atoms with Gasteiger partial charge in [0, 0.05) is 19.1 Å². The predicted octanol–water partition coefficient (Wildman–Crippen LogP) is 2.23. The lowest BCUT2D eigenvalue weighted by atomic mass is 10.1. The molecule has 0 unspecified atom stereocenters. The molecule has 0 bridgehead atoms. The summed E-state index contributed by atoms with van der Waals surface area (Å²) in [6.07, 6.45) is 2.19. The van der Waals surface area contributed by atoms with Crippen LogP contribution in [0.1, 0.15) is 17.8 Å². The second-order valence-electron chi connectivity index (χ2n) is 5.05. The van der Waals surface area contributed by atoms with Gasteiger partial charge in [-0.15, -0.1) is 11.3 Å². The number of nitrogens with two attached hydrogens (primary N) is 1. The van der Waals surface area contributed by atoms with E-state index in [-0.39, 0.29) is 0 Å². The highest BCUT2D eigenvalue weighted by atomic mass is 32.1. The Hall–Kier alpha value is -1.17. The fourth-order valence-electron chi connectivity index (χ4n) is 2.45. The summed E-state index contributed by atoms with van der Waals surface area (Å²) in [5.41, 5.74) is 6.99. The SMILES string of the molecule is COc1ccc2nc(CN3CCC(N)CC3)sc2c1. The number of methoxy groups -OCH3 is 1. The summed E-state index contributed by atoms with van der Waals surface area (Å²) in [5.74, 6) is 0.895. The molecule has 102 valence electrons. The minimum absolute atomic E-state index is 0.385. The minimum Gasteiger partial charge on any atom is -0.497 e. The first-order valence-corrected chi connectivity index (χ1v) is 7.47. The van der Waals surface area contributed by atoms with Gasteiger partial charge in [0.25, 0.3) is 0 Å². The Morgan fingerprint density at radius 1 is 1.42 bits per heavy atom. The lowest BCUT2D eigenvalue weighted by Gasteiger charge is -2.29. The predicted molar refractivity (Wildman–Crippen MR) is 78.7 cm³/mol. The van der Waals surface area contributed by atoms with Gasteiger partial charge in [-0.2, -0.15) is 0 Å². The summed E-state index contributed by atoms with van der Waals surface area (Å²) in [6.45, 7) is 3.11. The van der Waals surface area contributed by atoms with Gasteiger partial charge >= 0.3 is 0 Å². The smallest absolute Gasteiger partial charge is 0.120 e. The molecule has 5 heteroatoms. The van der Waals surface area contributed by atoms with Crippen LogP contribution in [0.15, 0.2) is 18.2 Å². The monoisotopic (exact) mass is 277 g/mol. The van der Waals surface area contributed by atoms with Gasteiger partial charge in [-0.05, 0) is 31.0 Å². The van der Waals surface area contributed by atoms with Crippen molar-refractivity contribution in [3.8, 4) is 5.75 Å². The largest absolute Gasteiger partial charge is 0.497 e. The van der Waals surface area contributed by atoms with E-state index in [1.807, 2.05) is 12.1 Å². The zero-order valence-electron chi connectivity index (χ0n) is 11.1. The first kappa shape index (κ1) is 12.8. The molecule has 0 radical (unpaired) electrons. The molecule has 0 aliphatic carbocycles. The van der Waals surface area contributed by atoms with Crippen molar-refractivity contribution in [1.29, 1.82) is 0 Å². The molecule has 19 heavy (non-hydrogen) atoms. The quantitative estimate of drug-likeness (QED) is 0.934. The molecule has 2 heterocycles. The van der Waals surface area contributed by atoms with Crippen molar-refractivity contribution in [3.63, 3.8) is 0 Å². The van der Waals surface area contributed by atoms with E-state index >= 15 is 0 Å². The highest BCUT2D eigenvalue weighted by molar-refractivity contribution is 7.18. The number of thiazole rings is 1. The number of hydrogen-bond acceptors (Lipinski definition) is 5. The fourth-order valence-corrected chi connectivity index (χ4v) is 3.49. The number of ether oxygens (including phenoxy) is 1. The Morgan fingerprint density at radius 3 is 2.95 bits per heavy atom. The van der Waals surface area contributed by atoms with Crippen LogP contribution in [0.25, 0.3) is 10.2 Å². The molecular formula is C14H19N3OS. The molecule has 1 fully saturated rings. The molecular weight excluding hydrogens is 258 g/mol. The normalized spacial score (nSPS) is 18.0. The zero-order valence-corrected chi connectivity index (χ0v) is 11.9. The summed E-state index contributed by atoms with van der Waals surface area (Å²) in [4.78, 5) is 7.13. The van der Waals surface area contributed by atoms with Gasteiger partial charge in [0.05, 0.1) is 23.9 Å². The van der Waals surface area contributed by atoms with E-state index in [1.54, 1.807) is 18.4 Å². The zero-order chi connectivity index (χ0) is 13.2. The molecule has 4 nitrogen and oxygen atoms in total. The standard InChI is InChI=1S/C14H19N3OS/c1-18-11-2-3-12-13(8-11)19-14(16-12)9-17-6-4-10(15)5-7-17/h2-3,8,10H,4-7,9,15H2,1H3. The maximum absolute atomic E-state index is 5.93. The third-order valence-corrected chi connectivity index (χ3v) is 4.63. The third-order valence-electron chi connectivity index (χ3n) is 3.63. The van der Waals surface area contributed by atoms with E-state index in [0.717, 1.165) is 43.7 Å². The fraction of sp³-hybridized carbons (Fsp3) is 0.500. The van der Waals surface area contributed by atoms with Gasteiger partial charge in [0.2, 0.25) is 0 Å². The van der Waals surface area contributed by atoms with Crippen LogP contribution < -0.4 is 10.5 Å². The Kier molecular flexibility index (Phi) is 3.68. The van der Waals surface area contributed by atoms with Crippen molar-refractivity contribution in [1.82, 2.24) is 9.88 Å². The number of hydrogen-bond donors (Lipinski definition) is 1. The minimum atomic E-state index is 0.385. The maximum atomic E-state index is 5.93. The van der Waals surface area contributed by atoms with E-state index in [0.29, 0.717) is 6.04 Å². The third kappa shape index (κ3) is 2.88. The van der Waals surface area contributed by atoms with Crippen LogP contribution in [0.2, 0.25) is 0 Å². The van der Waals surface area contributed by atoms with Crippen molar-refractivity contribution in [2.45, 2.75) is 25.4 Å². The van der Waals surface area contributed by atoms with Crippen molar-refractivity contribution >= 4 is 21.6 Å². The molecule has 1 aliphatic rings. The van der Waals surface area contributed by atoms with Gasteiger partial charge in [0.15, 0.2) is 0 Å². The molecule has 1 aliphatic heterocycles. The lowest BCUT2D eigenvalue weighted by Crippen LogP contribution is -2.39. The average Bonchev–Trinajstić information content (AvgIpc) is 2.82. The van der Waals surface area contributed by atoms with Crippen molar-refractivity contribution < 1.29 is 4.74 Å². The van der Waals surface area contributed by atoms with Gasteiger partial charge in [0.1, 0.15) is 10.8 Å². The molecule has 2 N–H and O–H groups in total. The number of aromatic nitrogens is 1. The molecule has 1 aromatic carbocycles. The summed E-state index contributed by atoms with van der Waals surface area (Å²) in [6, 6.07) is 6.44. The van der Waals surface area contributed by atoms with Crippen LogP contribution in [-0.4, -0.2) is 36.1 Å². The Balaban J connectivity index is 1.74. The average molecular weight is 277 g/mol. The Labute approximate surface area is 117 Å². The molecule has 1 saturated heterocycles. The van der Waals surface area contributed by atoms with Crippen LogP contribution in [0.5, 0.6) is 5.75 Å². The van der Waals surface area contributed by atoms with Crippen LogP contribution >= 0.6 is 11.3 Å². The summed E-state index contributed by atoms with van der Waals surface area (Å²) in [5, 5.41) is 1.18. The van der Waals surface area contributed by atoms with Crippen molar-refractivity contribution in [3.05, 3.63) is 23.2 Å². The van der Waals surface area contributed by atoms with E-state index in [9.17, 15) is 0 Å². The first-order chi connectivity index (χ1) is 9.24. The topological polar surface area (TPSA) is 51.4 Å². The second-order valence-corrected chi connectivity index (χ2v) is 6.17. The van der Waals surface area contributed by atoms with Crippen LogP contribution in [0.4, 0.5) is 0 Å². The van der Waals surface area contributed by atoms with Gasteiger partial charge in [-0.1, -0.05) is 0 Å². The van der Waals surface area contributed by atoms with E-state index in [2.05, 4.69) is 11.0 Å². The number of likely N-dealkylation sites (tertiary alicyclic amines) is 1. The molecule has 0 amide bonds. The first-order valence-electron chi connectivity index (χ1n) is 6.66. The molecule has 0 saturated carbocycles. The van der Waals surface area contributed by atoms with Gasteiger partial charge < -0.3 is 10.5 Å². The Bertz CT molecular complexity index is 561. The van der Waals surface area contributed by atoms with E-state index < -0.39 is 0 Å². The van der Waals surface area contributed by atoms with Crippen LogP contribution in [0, 0.1) is 0 Å². The molecule has 1 aromatic heterocycles. The molecule has 3 rings (SSSR count). The van der Waals surface area contributed by atoms with Crippen LogP contribution in [0.3, 0.4) is 0 Å². The number of nitrogens with zero attached hydrogens (tertiary/aromatic N) is 2. The summed E-state index contributed by atoms with van der Waals surface area (Å²) >= 11 is 1.76. The van der Waals surface area contributed by atoms with Crippen molar-refractivity contribution in [2.75, 3.05) is 20.2 Å². The highest BCUT2D eigenvalue weighted by Gasteiger charge is 2.17. The molecule has 2 aromatic rings. The number of rotatable bonds is 3. The van der Waals surface area contributed by atoms with Crippen LogP contribution in [-0.2, 0) is 6.54 Å². The Morgan fingerprint density at radius 2 is 2.21 bits per heavy atom. The van der Waals surface area contributed by atoms with E-state index in [4.69, 9.17) is 15.5 Å². The number of benzene rings is 1. The number of fused-ring (bicyclic) bond motifs is 1. The molecule has 0 atom stereocenters. The molecule has 0 spiro atoms. The van der Waals surface area contributed by atoms with E-state index in [1.165, 1.54) is 9.71 Å². The van der Waals surface area contributed by atoms with Gasteiger partial charge in [-0.3, -0.25) is 4.90 Å². The van der Waals surface area contributed by atoms with Gasteiger partial charge in [-0.25, -0.2) is 4.98 Å². The highest BCUT2D eigenvalue weighted by Crippen LogP contribution is 2.27. The van der Waals surface area contributed by atoms with Crippen molar-refractivity contribution in [2.24, 2.45) is 5.73 Å². The summed E-state index contributed by atoms with van der Waals surface area (Å²) in [7, 11) is 1.69. The second kappa shape index (κ2) is 5.45.